The number of hydrogen-bond donors (Lipinski definition) is 1. The van der Waals surface area contributed by atoms with Crippen LogP contribution in [0.3, 0.4) is 0 Å². The van der Waals surface area contributed by atoms with Gasteiger partial charge in [0.1, 0.15) is 0 Å². The number of hydrogen-bond acceptors (Lipinski definition) is 2. The van der Waals surface area contributed by atoms with Gasteiger partial charge in [0, 0.05) is 0 Å². The lowest BCUT2D eigenvalue weighted by molar-refractivity contribution is 0.670. The molecule has 0 radical (unpaired) electrons. The van der Waals surface area contributed by atoms with Crippen molar-refractivity contribution in [2.75, 3.05) is 6.54 Å². The zero-order valence-corrected chi connectivity index (χ0v) is 6.73. The predicted octanol–water partition coefficient (Wildman–Crippen LogP) is 1.53. The van der Waals surface area contributed by atoms with Crippen LogP contribution in [0.1, 0.15) is 27.7 Å². The minimum atomic E-state index is 0.00463. The van der Waals surface area contributed by atoms with Crippen LogP contribution in [0.25, 0.3) is 0 Å². The van der Waals surface area contributed by atoms with E-state index in [1.165, 1.54) is 0 Å². The van der Waals surface area contributed by atoms with Crippen molar-refractivity contribution in [3.05, 3.63) is 0 Å². The molecule has 9 heavy (non-hydrogen) atoms. The summed E-state index contributed by atoms with van der Waals surface area (Å²) in [6.07, 6.45) is 0. The van der Waals surface area contributed by atoms with Gasteiger partial charge in [-0.2, -0.15) is 5.26 Å². The molecule has 0 spiro atoms. The van der Waals surface area contributed by atoms with E-state index in [4.69, 9.17) is 5.26 Å². The van der Waals surface area contributed by atoms with Gasteiger partial charge in [0.25, 0.3) is 0 Å². The average molecular weight is 128 g/mol. The lowest BCUT2D eigenvalue weighted by atomic mass is 10.4. The molecule has 0 heterocycles. The molecule has 0 rings (SSSR count). The van der Waals surface area contributed by atoms with Crippen LogP contribution < -0.4 is 5.32 Å². The summed E-state index contributed by atoms with van der Waals surface area (Å²) in [6, 6.07) is 2.06. The van der Waals surface area contributed by atoms with Crippen LogP contribution in [0.15, 0.2) is 0 Å². The highest BCUT2D eigenvalue weighted by Crippen LogP contribution is 1.71. The lowest BCUT2D eigenvalue weighted by Gasteiger charge is -1.97. The van der Waals surface area contributed by atoms with E-state index in [9.17, 15) is 0 Å². The Morgan fingerprint density at radius 2 is 2.00 bits per heavy atom. The molecule has 2 nitrogen and oxygen atoms in total. The Hall–Kier alpha value is -0.550. The van der Waals surface area contributed by atoms with Crippen LogP contribution in [-0.4, -0.2) is 12.6 Å². The molecule has 0 aliphatic heterocycles. The van der Waals surface area contributed by atoms with E-state index in [0.717, 1.165) is 6.54 Å². The van der Waals surface area contributed by atoms with E-state index in [1.807, 2.05) is 27.7 Å². The number of nitrogens with zero attached hydrogens (tertiary/aromatic N) is 1. The smallest absolute Gasteiger partial charge is 0.0924 e. The van der Waals surface area contributed by atoms with Gasteiger partial charge < -0.3 is 5.32 Å². The topological polar surface area (TPSA) is 35.8 Å². The highest BCUT2D eigenvalue weighted by molar-refractivity contribution is 4.84. The summed E-state index contributed by atoms with van der Waals surface area (Å²) in [5, 5.41) is 11.1. The van der Waals surface area contributed by atoms with Crippen molar-refractivity contribution < 1.29 is 0 Å². The minimum Gasteiger partial charge on any atom is -0.302 e. The molecule has 1 N–H and O–H groups in total. The van der Waals surface area contributed by atoms with Crippen LogP contribution >= 0.6 is 0 Å². The second-order valence-corrected chi connectivity index (χ2v) is 1.41. The number of nitrogens with one attached hydrogen (secondary N) is 1. The molecular formula is C7H16N2. The van der Waals surface area contributed by atoms with E-state index < -0.39 is 0 Å². The SMILES string of the molecule is CC.CCNC(C)C#N. The largest absolute Gasteiger partial charge is 0.302 e. The van der Waals surface area contributed by atoms with E-state index in [2.05, 4.69) is 11.4 Å². The lowest BCUT2D eigenvalue weighted by Crippen LogP contribution is -2.23. The van der Waals surface area contributed by atoms with Crippen molar-refractivity contribution in [1.82, 2.24) is 5.32 Å². The van der Waals surface area contributed by atoms with Crippen LogP contribution in [0, 0.1) is 11.3 Å². The number of rotatable bonds is 2. The third kappa shape index (κ3) is 11.2. The Bertz CT molecular complexity index is 73.5. The average Bonchev–Trinajstić information content (AvgIpc) is 1.93. The zero-order chi connectivity index (χ0) is 7.70. The second-order valence-electron chi connectivity index (χ2n) is 1.41. The Labute approximate surface area is 57.9 Å². The summed E-state index contributed by atoms with van der Waals surface area (Å²) >= 11 is 0. The monoisotopic (exact) mass is 128 g/mol. The molecule has 54 valence electrons. The molecule has 0 saturated heterocycles. The van der Waals surface area contributed by atoms with Crippen LogP contribution in [0.5, 0.6) is 0 Å². The van der Waals surface area contributed by atoms with Crippen molar-refractivity contribution in [3.63, 3.8) is 0 Å². The third-order valence-electron chi connectivity index (χ3n) is 0.704. The van der Waals surface area contributed by atoms with Crippen molar-refractivity contribution in [2.24, 2.45) is 0 Å². The van der Waals surface area contributed by atoms with Crippen LogP contribution in [0.2, 0.25) is 0 Å². The summed E-state index contributed by atoms with van der Waals surface area (Å²) in [7, 11) is 0. The Kier molecular flexibility index (Phi) is 13.1. The molecule has 0 aromatic carbocycles. The van der Waals surface area contributed by atoms with E-state index in [0.29, 0.717) is 0 Å². The predicted molar refractivity (Wildman–Crippen MR) is 40.1 cm³/mol. The van der Waals surface area contributed by atoms with Gasteiger partial charge in [-0.05, 0) is 13.5 Å². The molecule has 0 amide bonds. The Balaban J connectivity index is 0. The molecule has 0 aromatic heterocycles. The molecule has 0 aliphatic carbocycles. The highest BCUT2D eigenvalue weighted by atomic mass is 14.9. The van der Waals surface area contributed by atoms with Gasteiger partial charge in [-0.1, -0.05) is 20.8 Å². The maximum absolute atomic E-state index is 8.15. The van der Waals surface area contributed by atoms with Crippen molar-refractivity contribution >= 4 is 0 Å². The summed E-state index contributed by atoms with van der Waals surface area (Å²) in [4.78, 5) is 0. The summed E-state index contributed by atoms with van der Waals surface area (Å²) in [5.74, 6) is 0. The second kappa shape index (κ2) is 10.4. The Morgan fingerprint density at radius 3 is 2.11 bits per heavy atom. The van der Waals surface area contributed by atoms with Crippen LogP contribution in [-0.2, 0) is 0 Å². The summed E-state index contributed by atoms with van der Waals surface area (Å²) in [6.45, 7) is 8.69. The summed E-state index contributed by atoms with van der Waals surface area (Å²) in [5.41, 5.74) is 0. The molecule has 1 unspecified atom stereocenters. The van der Waals surface area contributed by atoms with E-state index in [1.54, 1.807) is 0 Å². The first-order valence-electron chi connectivity index (χ1n) is 3.44. The Morgan fingerprint density at radius 1 is 1.56 bits per heavy atom. The van der Waals surface area contributed by atoms with Gasteiger partial charge in [0.05, 0.1) is 12.1 Å². The molecular weight excluding hydrogens is 112 g/mol. The molecule has 0 fully saturated rings. The minimum absolute atomic E-state index is 0.00463. The normalized spacial score (nSPS) is 10.6. The number of nitriles is 1. The fourth-order valence-corrected chi connectivity index (χ4v) is 0.352. The maximum Gasteiger partial charge on any atom is 0.0924 e. The van der Waals surface area contributed by atoms with Gasteiger partial charge in [0.2, 0.25) is 0 Å². The first kappa shape index (κ1) is 11.3. The molecule has 0 bridgehead atoms. The quantitative estimate of drug-likeness (QED) is 0.612. The standard InChI is InChI=1S/C5H10N2.C2H6/c1-3-7-5(2)4-6;1-2/h5,7H,3H2,1-2H3;1-2H3. The van der Waals surface area contributed by atoms with Gasteiger partial charge in [-0.3, -0.25) is 0 Å². The summed E-state index contributed by atoms with van der Waals surface area (Å²) < 4.78 is 0. The fraction of sp³-hybridized carbons (Fsp3) is 0.857. The fourth-order valence-electron chi connectivity index (χ4n) is 0.352. The van der Waals surface area contributed by atoms with Crippen molar-refractivity contribution in [2.45, 2.75) is 33.7 Å². The first-order chi connectivity index (χ1) is 4.31. The highest BCUT2D eigenvalue weighted by Gasteiger charge is 1.90. The maximum atomic E-state index is 8.15. The molecule has 0 aliphatic rings. The van der Waals surface area contributed by atoms with Gasteiger partial charge in [-0.15, -0.1) is 0 Å². The van der Waals surface area contributed by atoms with Crippen LogP contribution in [0.4, 0.5) is 0 Å². The molecule has 2 heteroatoms. The molecule has 1 atom stereocenters. The molecule has 0 saturated carbocycles. The van der Waals surface area contributed by atoms with E-state index >= 15 is 0 Å². The van der Waals surface area contributed by atoms with Gasteiger partial charge in [-0.25, -0.2) is 0 Å². The first-order valence-corrected chi connectivity index (χ1v) is 3.44. The van der Waals surface area contributed by atoms with Crippen molar-refractivity contribution in [3.8, 4) is 6.07 Å². The van der Waals surface area contributed by atoms with Gasteiger partial charge in [0.15, 0.2) is 0 Å². The third-order valence-corrected chi connectivity index (χ3v) is 0.704. The molecule has 0 aromatic rings. The van der Waals surface area contributed by atoms with Crippen molar-refractivity contribution in [1.29, 1.82) is 5.26 Å². The van der Waals surface area contributed by atoms with E-state index in [-0.39, 0.29) is 6.04 Å². The van der Waals surface area contributed by atoms with Gasteiger partial charge >= 0.3 is 0 Å². The zero-order valence-electron chi connectivity index (χ0n) is 6.73.